The minimum absolute atomic E-state index is 0.0377. The number of carboxylic acid groups (broad SMARTS) is 1. The first-order chi connectivity index (χ1) is 7.88. The fraction of sp³-hybridized carbons (Fsp3) is 0.417. The Morgan fingerprint density at radius 1 is 1.47 bits per heavy atom. The van der Waals surface area contributed by atoms with E-state index >= 15 is 0 Å². The zero-order valence-corrected chi connectivity index (χ0v) is 10.3. The van der Waals surface area contributed by atoms with Crippen LogP contribution in [-0.4, -0.2) is 33.1 Å². The molecule has 0 spiro atoms. The molecule has 1 aromatic rings. The number of rotatable bonds is 4. The number of carbonyl (C=O) groups is 1. The minimum atomic E-state index is -1.08. The maximum atomic E-state index is 11.1. The Morgan fingerprint density at radius 2 is 2.06 bits per heavy atom. The van der Waals surface area contributed by atoms with E-state index in [-0.39, 0.29) is 11.2 Å². The zero-order valence-electron chi connectivity index (χ0n) is 10.3. The minimum Gasteiger partial charge on any atom is -0.476 e. The largest absolute Gasteiger partial charge is 0.476 e. The van der Waals surface area contributed by atoms with Crippen LogP contribution in [0.15, 0.2) is 25.0 Å². The highest BCUT2D eigenvalue weighted by Crippen LogP contribution is 2.23. The van der Waals surface area contributed by atoms with Crippen LogP contribution in [0.25, 0.3) is 0 Å². The van der Waals surface area contributed by atoms with Gasteiger partial charge in [0.2, 0.25) is 0 Å². The molecule has 1 rings (SSSR count). The summed E-state index contributed by atoms with van der Waals surface area (Å²) in [5.74, 6) is -0.709. The van der Waals surface area contributed by atoms with E-state index in [0.717, 1.165) is 0 Å². The molecule has 17 heavy (non-hydrogen) atoms. The highest BCUT2D eigenvalue weighted by molar-refractivity contribution is 5.91. The third kappa shape index (κ3) is 3.03. The van der Waals surface area contributed by atoms with E-state index in [4.69, 9.17) is 5.11 Å². The van der Waals surface area contributed by atoms with Gasteiger partial charge in [-0.1, -0.05) is 6.08 Å². The van der Waals surface area contributed by atoms with Gasteiger partial charge in [0.1, 0.15) is 0 Å². The van der Waals surface area contributed by atoms with Gasteiger partial charge in [0, 0.05) is 24.5 Å². The molecule has 92 valence electrons. The molecular weight excluding hydrogens is 218 g/mol. The fourth-order valence-corrected chi connectivity index (χ4v) is 1.49. The monoisotopic (exact) mass is 235 g/mol. The van der Waals surface area contributed by atoms with Gasteiger partial charge in [-0.05, 0) is 20.8 Å². The van der Waals surface area contributed by atoms with Crippen LogP contribution in [0.5, 0.6) is 0 Å². The summed E-state index contributed by atoms with van der Waals surface area (Å²) in [6, 6.07) is 0. The van der Waals surface area contributed by atoms with Gasteiger partial charge in [-0.2, -0.15) is 0 Å². The van der Waals surface area contributed by atoms with Crippen LogP contribution in [0.1, 0.15) is 31.3 Å². The van der Waals surface area contributed by atoms with E-state index in [9.17, 15) is 4.79 Å². The number of aromatic carboxylic acids is 1. The van der Waals surface area contributed by atoms with Gasteiger partial charge in [0.15, 0.2) is 11.5 Å². The first kappa shape index (κ1) is 13.2. The normalized spacial score (nSPS) is 11.0. The van der Waals surface area contributed by atoms with Crippen LogP contribution in [0.2, 0.25) is 0 Å². The van der Waals surface area contributed by atoms with Crippen molar-refractivity contribution in [3.63, 3.8) is 0 Å². The fourth-order valence-electron chi connectivity index (χ4n) is 1.49. The molecule has 0 atom stereocenters. The summed E-state index contributed by atoms with van der Waals surface area (Å²) in [6.07, 6.45) is 4.58. The van der Waals surface area contributed by atoms with Gasteiger partial charge in [0.25, 0.3) is 0 Å². The number of hydrogen-bond acceptors (Lipinski definition) is 4. The van der Waals surface area contributed by atoms with Crippen LogP contribution in [0.4, 0.5) is 5.82 Å². The maximum absolute atomic E-state index is 11.1. The summed E-state index contributed by atoms with van der Waals surface area (Å²) in [5, 5.41) is 9.09. The molecule has 0 fully saturated rings. The van der Waals surface area contributed by atoms with Crippen molar-refractivity contribution < 1.29 is 9.90 Å². The molecule has 0 radical (unpaired) electrons. The number of hydrogen-bond donors (Lipinski definition) is 1. The lowest BCUT2D eigenvalue weighted by molar-refractivity contribution is 0.0690. The third-order valence-electron chi connectivity index (χ3n) is 2.26. The predicted molar refractivity (Wildman–Crippen MR) is 66.3 cm³/mol. The molecule has 0 aromatic carbocycles. The summed E-state index contributed by atoms with van der Waals surface area (Å²) in [6.45, 7) is 10.1. The molecule has 5 nitrogen and oxygen atoms in total. The maximum Gasteiger partial charge on any atom is 0.358 e. The molecule has 0 saturated carbocycles. The highest BCUT2D eigenvalue weighted by atomic mass is 16.4. The van der Waals surface area contributed by atoms with E-state index < -0.39 is 5.97 Å². The van der Waals surface area contributed by atoms with Gasteiger partial charge < -0.3 is 10.0 Å². The molecule has 0 aliphatic heterocycles. The molecule has 1 aromatic heterocycles. The van der Waals surface area contributed by atoms with Crippen molar-refractivity contribution in [3.8, 4) is 0 Å². The molecule has 0 saturated heterocycles. The van der Waals surface area contributed by atoms with Crippen LogP contribution in [-0.2, 0) is 0 Å². The van der Waals surface area contributed by atoms with Crippen LogP contribution < -0.4 is 4.90 Å². The number of nitrogens with zero attached hydrogens (tertiary/aromatic N) is 3. The van der Waals surface area contributed by atoms with Crippen LogP contribution in [0, 0.1) is 0 Å². The lowest BCUT2D eigenvalue weighted by Crippen LogP contribution is -2.43. The topological polar surface area (TPSA) is 66.3 Å². The van der Waals surface area contributed by atoms with E-state index in [1.54, 1.807) is 6.08 Å². The number of carboxylic acids is 1. The quantitative estimate of drug-likeness (QED) is 0.808. The molecule has 1 heterocycles. The van der Waals surface area contributed by atoms with Crippen molar-refractivity contribution in [1.82, 2.24) is 9.97 Å². The lowest BCUT2D eigenvalue weighted by Gasteiger charge is -2.36. The molecule has 0 bridgehead atoms. The number of aromatic nitrogens is 2. The molecular formula is C12H17N3O2. The van der Waals surface area contributed by atoms with E-state index in [1.807, 2.05) is 25.7 Å². The Hall–Kier alpha value is -1.91. The average Bonchev–Trinajstić information content (AvgIpc) is 2.24. The van der Waals surface area contributed by atoms with Gasteiger partial charge in [-0.15, -0.1) is 6.58 Å². The lowest BCUT2D eigenvalue weighted by atomic mass is 10.1. The van der Waals surface area contributed by atoms with Gasteiger partial charge in [-0.3, -0.25) is 0 Å². The summed E-state index contributed by atoms with van der Waals surface area (Å²) in [4.78, 5) is 20.9. The molecule has 0 aliphatic carbocycles. The van der Waals surface area contributed by atoms with Crippen molar-refractivity contribution in [2.75, 3.05) is 11.4 Å². The second kappa shape index (κ2) is 4.95. The Bertz CT molecular complexity index is 424. The molecule has 0 aliphatic rings. The molecule has 5 heteroatoms. The predicted octanol–water partition coefficient (Wildman–Crippen LogP) is 1.97. The van der Waals surface area contributed by atoms with Gasteiger partial charge in [-0.25, -0.2) is 14.8 Å². The first-order valence-corrected chi connectivity index (χ1v) is 5.30. The first-order valence-electron chi connectivity index (χ1n) is 5.30. The highest BCUT2D eigenvalue weighted by Gasteiger charge is 2.26. The van der Waals surface area contributed by atoms with E-state index in [0.29, 0.717) is 12.4 Å². The Labute approximate surface area is 101 Å². The summed E-state index contributed by atoms with van der Waals surface area (Å²) < 4.78 is 0. The van der Waals surface area contributed by atoms with Crippen molar-refractivity contribution in [2.45, 2.75) is 26.3 Å². The second-order valence-electron chi connectivity index (χ2n) is 4.60. The zero-order chi connectivity index (χ0) is 13.1. The standard InChI is InChI=1S/C12H17N3O2/c1-5-8-15(12(2,3)4)10-9(11(16)17)13-6-7-14-10/h5-7H,1,8H2,2-4H3,(H,16,17). The summed E-state index contributed by atoms with van der Waals surface area (Å²) in [5.41, 5.74) is -0.293. The summed E-state index contributed by atoms with van der Waals surface area (Å²) >= 11 is 0. The Kier molecular flexibility index (Phi) is 3.83. The van der Waals surface area contributed by atoms with Crippen molar-refractivity contribution >= 4 is 11.8 Å². The summed E-state index contributed by atoms with van der Waals surface area (Å²) in [7, 11) is 0. The third-order valence-corrected chi connectivity index (χ3v) is 2.26. The average molecular weight is 235 g/mol. The number of anilines is 1. The molecule has 1 N–H and O–H groups in total. The van der Waals surface area contributed by atoms with Crippen LogP contribution >= 0.6 is 0 Å². The second-order valence-corrected chi connectivity index (χ2v) is 4.60. The Balaban J connectivity index is 3.27. The van der Waals surface area contributed by atoms with Gasteiger partial charge in [0.05, 0.1) is 0 Å². The van der Waals surface area contributed by atoms with Gasteiger partial charge >= 0.3 is 5.97 Å². The van der Waals surface area contributed by atoms with Crippen molar-refractivity contribution in [1.29, 1.82) is 0 Å². The SMILES string of the molecule is C=CCN(c1nccnc1C(=O)O)C(C)(C)C. The van der Waals surface area contributed by atoms with Crippen molar-refractivity contribution in [2.24, 2.45) is 0 Å². The smallest absolute Gasteiger partial charge is 0.358 e. The van der Waals surface area contributed by atoms with Crippen LogP contribution in [0.3, 0.4) is 0 Å². The van der Waals surface area contributed by atoms with E-state index in [2.05, 4.69) is 16.5 Å². The molecule has 0 unspecified atom stereocenters. The van der Waals surface area contributed by atoms with Crippen molar-refractivity contribution in [3.05, 3.63) is 30.7 Å². The molecule has 0 amide bonds. The van der Waals surface area contributed by atoms with E-state index in [1.165, 1.54) is 12.4 Å². The Morgan fingerprint density at radius 3 is 2.53 bits per heavy atom.